The van der Waals surface area contributed by atoms with Gasteiger partial charge < -0.3 is 19.3 Å². The Labute approximate surface area is 170 Å². The maximum atomic E-state index is 10.4. The van der Waals surface area contributed by atoms with Gasteiger partial charge >= 0.3 is 0 Å². The summed E-state index contributed by atoms with van der Waals surface area (Å²) in [6, 6.07) is 0. The standard InChI is InChI=1S/C24H36O4/c1-16(2)10-8-11-17(3)12-9-14-24(5)15-13-19-18(4)20(25)22(26-6)23(27-7)21(19)28-24/h10,12,25H,8-9,11,13-15H2,1-7H3/b17-12+. The molecule has 0 saturated carbocycles. The van der Waals surface area contributed by atoms with Crippen molar-refractivity contribution in [3.05, 3.63) is 34.4 Å². The fourth-order valence-electron chi connectivity index (χ4n) is 3.79. The van der Waals surface area contributed by atoms with Crippen LogP contribution in [0.5, 0.6) is 23.0 Å². The van der Waals surface area contributed by atoms with Crippen molar-refractivity contribution in [2.75, 3.05) is 14.2 Å². The SMILES string of the molecule is COc1c(O)c(C)c2c(c1OC)OC(C)(CC/C=C(\C)CCC=C(C)C)CC2. The van der Waals surface area contributed by atoms with Gasteiger partial charge in [0.05, 0.1) is 14.2 Å². The number of fused-ring (bicyclic) bond motifs is 1. The van der Waals surface area contributed by atoms with E-state index >= 15 is 0 Å². The predicted octanol–water partition coefficient (Wildman–Crippen LogP) is 6.27. The quantitative estimate of drug-likeness (QED) is 0.533. The number of ether oxygens (including phenoxy) is 3. The molecule has 4 heteroatoms. The zero-order valence-electron chi connectivity index (χ0n) is 18.6. The van der Waals surface area contributed by atoms with Crippen molar-refractivity contribution in [2.24, 2.45) is 0 Å². The van der Waals surface area contributed by atoms with E-state index in [1.807, 2.05) is 6.92 Å². The van der Waals surface area contributed by atoms with Crippen LogP contribution in [0.15, 0.2) is 23.3 Å². The molecule has 0 spiro atoms. The van der Waals surface area contributed by atoms with Gasteiger partial charge in [-0.25, -0.2) is 0 Å². The second-order valence-electron chi connectivity index (χ2n) is 8.31. The molecule has 1 heterocycles. The fraction of sp³-hybridized carbons (Fsp3) is 0.583. The lowest BCUT2D eigenvalue weighted by Gasteiger charge is -2.37. The minimum atomic E-state index is -0.259. The van der Waals surface area contributed by atoms with E-state index in [0.717, 1.165) is 49.7 Å². The molecule has 4 nitrogen and oxygen atoms in total. The molecular weight excluding hydrogens is 352 g/mol. The lowest BCUT2D eigenvalue weighted by Crippen LogP contribution is -2.36. The largest absolute Gasteiger partial charge is 0.504 e. The number of benzene rings is 1. The minimum absolute atomic E-state index is 0.139. The third-order valence-corrected chi connectivity index (χ3v) is 5.63. The Morgan fingerprint density at radius 3 is 2.39 bits per heavy atom. The van der Waals surface area contributed by atoms with Crippen LogP contribution in [0.25, 0.3) is 0 Å². The van der Waals surface area contributed by atoms with Crippen molar-refractivity contribution in [1.82, 2.24) is 0 Å². The van der Waals surface area contributed by atoms with Gasteiger partial charge in [0.15, 0.2) is 11.5 Å². The van der Waals surface area contributed by atoms with Crippen LogP contribution >= 0.6 is 0 Å². The topological polar surface area (TPSA) is 47.9 Å². The summed E-state index contributed by atoms with van der Waals surface area (Å²) < 4.78 is 17.4. The maximum absolute atomic E-state index is 10.4. The average molecular weight is 389 g/mol. The smallest absolute Gasteiger partial charge is 0.207 e. The maximum Gasteiger partial charge on any atom is 0.207 e. The molecule has 1 aromatic carbocycles. The van der Waals surface area contributed by atoms with E-state index in [1.54, 1.807) is 7.11 Å². The first kappa shape index (κ1) is 22.2. The molecule has 0 amide bonds. The van der Waals surface area contributed by atoms with Gasteiger partial charge in [-0.1, -0.05) is 23.3 Å². The Kier molecular flexibility index (Phi) is 7.45. The van der Waals surface area contributed by atoms with Crippen molar-refractivity contribution in [3.8, 4) is 23.0 Å². The third-order valence-electron chi connectivity index (χ3n) is 5.63. The van der Waals surface area contributed by atoms with Crippen LogP contribution in [0.2, 0.25) is 0 Å². The summed E-state index contributed by atoms with van der Waals surface area (Å²) in [5.74, 6) is 1.69. The molecule has 1 atom stereocenters. The molecule has 0 aliphatic carbocycles. The van der Waals surface area contributed by atoms with Gasteiger partial charge in [-0.2, -0.15) is 0 Å². The van der Waals surface area contributed by atoms with Crippen molar-refractivity contribution < 1.29 is 19.3 Å². The third kappa shape index (κ3) is 5.03. The number of hydrogen-bond donors (Lipinski definition) is 1. The van der Waals surface area contributed by atoms with E-state index in [1.165, 1.54) is 18.3 Å². The fourth-order valence-corrected chi connectivity index (χ4v) is 3.79. The van der Waals surface area contributed by atoms with Crippen LogP contribution in [0.4, 0.5) is 0 Å². The van der Waals surface area contributed by atoms with Gasteiger partial charge in [0.1, 0.15) is 5.60 Å². The zero-order valence-corrected chi connectivity index (χ0v) is 18.6. The van der Waals surface area contributed by atoms with Crippen molar-refractivity contribution in [3.63, 3.8) is 0 Å². The zero-order chi connectivity index (χ0) is 20.9. The van der Waals surface area contributed by atoms with Crippen LogP contribution in [-0.2, 0) is 6.42 Å². The van der Waals surface area contributed by atoms with Gasteiger partial charge in [-0.15, -0.1) is 0 Å². The van der Waals surface area contributed by atoms with Crippen LogP contribution in [0.3, 0.4) is 0 Å². The number of phenols is 1. The molecule has 156 valence electrons. The summed E-state index contributed by atoms with van der Waals surface area (Å²) in [6.07, 6.45) is 10.5. The van der Waals surface area contributed by atoms with Crippen LogP contribution in [0.1, 0.15) is 70.9 Å². The molecule has 28 heavy (non-hydrogen) atoms. The van der Waals surface area contributed by atoms with E-state index in [2.05, 4.69) is 39.8 Å². The minimum Gasteiger partial charge on any atom is -0.504 e. The summed E-state index contributed by atoms with van der Waals surface area (Å²) in [4.78, 5) is 0. The van der Waals surface area contributed by atoms with Crippen LogP contribution in [-0.4, -0.2) is 24.9 Å². The highest BCUT2D eigenvalue weighted by Gasteiger charge is 2.36. The molecule has 1 unspecified atom stereocenters. The number of methoxy groups -OCH3 is 2. The van der Waals surface area contributed by atoms with E-state index in [0.29, 0.717) is 17.2 Å². The van der Waals surface area contributed by atoms with Gasteiger partial charge in [0, 0.05) is 11.1 Å². The second-order valence-corrected chi connectivity index (χ2v) is 8.31. The molecular formula is C24H36O4. The number of rotatable bonds is 8. The Morgan fingerprint density at radius 2 is 1.79 bits per heavy atom. The molecule has 0 fully saturated rings. The Morgan fingerprint density at radius 1 is 1.11 bits per heavy atom. The normalized spacial score (nSPS) is 18.9. The second kappa shape index (κ2) is 9.40. The Hall–Kier alpha value is -2.10. The van der Waals surface area contributed by atoms with Gasteiger partial charge in [0.2, 0.25) is 11.5 Å². The predicted molar refractivity (Wildman–Crippen MR) is 115 cm³/mol. The Bertz CT molecular complexity index is 757. The van der Waals surface area contributed by atoms with E-state index < -0.39 is 0 Å². The van der Waals surface area contributed by atoms with Crippen molar-refractivity contribution >= 4 is 0 Å². The molecule has 1 N–H and O–H groups in total. The summed E-state index contributed by atoms with van der Waals surface area (Å²) in [7, 11) is 3.12. The molecule has 2 rings (SSSR count). The van der Waals surface area contributed by atoms with Crippen LogP contribution in [0, 0.1) is 6.92 Å². The van der Waals surface area contributed by atoms with Crippen LogP contribution < -0.4 is 14.2 Å². The Balaban J connectivity index is 2.13. The monoisotopic (exact) mass is 388 g/mol. The highest BCUT2D eigenvalue weighted by atomic mass is 16.5. The molecule has 0 aromatic heterocycles. The first-order valence-electron chi connectivity index (χ1n) is 10.2. The summed E-state index contributed by atoms with van der Waals surface area (Å²) >= 11 is 0. The number of allylic oxidation sites excluding steroid dienone is 4. The first-order chi connectivity index (χ1) is 13.2. The number of hydrogen-bond acceptors (Lipinski definition) is 4. The van der Waals surface area contributed by atoms with Gasteiger partial charge in [0.25, 0.3) is 0 Å². The summed E-state index contributed by atoms with van der Waals surface area (Å²) in [6.45, 7) is 10.6. The number of phenolic OH excluding ortho intramolecular Hbond substituents is 1. The number of aromatic hydroxyl groups is 1. The van der Waals surface area contributed by atoms with Crippen molar-refractivity contribution in [1.29, 1.82) is 0 Å². The van der Waals surface area contributed by atoms with E-state index in [4.69, 9.17) is 14.2 Å². The lowest BCUT2D eigenvalue weighted by atomic mass is 9.86. The van der Waals surface area contributed by atoms with Gasteiger partial charge in [-0.3, -0.25) is 0 Å². The average Bonchev–Trinajstić information content (AvgIpc) is 2.63. The molecule has 1 aliphatic heterocycles. The summed E-state index contributed by atoms with van der Waals surface area (Å²) in [5.41, 5.74) is 4.37. The molecule has 0 radical (unpaired) electrons. The highest BCUT2D eigenvalue weighted by Crippen LogP contribution is 2.52. The molecule has 0 bridgehead atoms. The van der Waals surface area contributed by atoms with E-state index in [-0.39, 0.29) is 11.4 Å². The molecule has 0 saturated heterocycles. The molecule has 1 aliphatic rings. The van der Waals surface area contributed by atoms with Crippen molar-refractivity contribution in [2.45, 2.75) is 78.7 Å². The highest BCUT2D eigenvalue weighted by molar-refractivity contribution is 5.67. The molecule has 1 aromatic rings. The van der Waals surface area contributed by atoms with E-state index in [9.17, 15) is 5.11 Å². The summed E-state index contributed by atoms with van der Waals surface area (Å²) in [5, 5.41) is 10.4. The first-order valence-corrected chi connectivity index (χ1v) is 10.2. The lowest BCUT2D eigenvalue weighted by molar-refractivity contribution is 0.0527. The van der Waals surface area contributed by atoms with Gasteiger partial charge in [-0.05, 0) is 73.1 Å².